The Morgan fingerprint density at radius 3 is 1.39 bits per heavy atom. The molecular weight excluding hydrogens is 238 g/mol. The lowest BCUT2D eigenvalue weighted by Crippen LogP contribution is -2.32. The van der Waals surface area contributed by atoms with Crippen LogP contribution in [-0.2, 0) is 23.7 Å². The highest BCUT2D eigenvalue weighted by atomic mass is 16.6. The van der Waals surface area contributed by atoms with Crippen molar-refractivity contribution in [1.82, 2.24) is 5.32 Å². The fourth-order valence-electron chi connectivity index (χ4n) is 2.02. The van der Waals surface area contributed by atoms with Gasteiger partial charge >= 0.3 is 0 Å². The first kappa shape index (κ1) is 14.2. The second-order valence-electron chi connectivity index (χ2n) is 4.31. The molecule has 18 heavy (non-hydrogen) atoms. The average molecular weight is 261 g/mol. The van der Waals surface area contributed by atoms with Crippen molar-refractivity contribution in [1.29, 1.82) is 0 Å². The minimum absolute atomic E-state index is 0.120. The summed E-state index contributed by atoms with van der Waals surface area (Å²) >= 11 is 0. The van der Waals surface area contributed by atoms with E-state index in [-0.39, 0.29) is 12.2 Å². The van der Waals surface area contributed by atoms with Gasteiger partial charge in [-0.25, -0.2) is 0 Å². The van der Waals surface area contributed by atoms with Crippen LogP contribution in [0.5, 0.6) is 0 Å². The molecule has 0 aliphatic carbocycles. The van der Waals surface area contributed by atoms with Crippen LogP contribution in [0.2, 0.25) is 0 Å². The first-order chi connectivity index (χ1) is 8.97. The Balaban J connectivity index is 1.71. The molecule has 2 aliphatic rings. The molecule has 0 amide bonds. The van der Waals surface area contributed by atoms with E-state index in [0.29, 0.717) is 52.9 Å². The van der Waals surface area contributed by atoms with Crippen molar-refractivity contribution in [3.05, 3.63) is 0 Å². The van der Waals surface area contributed by atoms with E-state index in [2.05, 4.69) is 5.32 Å². The van der Waals surface area contributed by atoms with E-state index in [4.69, 9.17) is 23.7 Å². The van der Waals surface area contributed by atoms with Crippen LogP contribution < -0.4 is 5.32 Å². The van der Waals surface area contributed by atoms with Crippen molar-refractivity contribution in [2.75, 3.05) is 65.9 Å². The molecule has 6 nitrogen and oxygen atoms in total. The summed E-state index contributed by atoms with van der Waals surface area (Å²) in [6.45, 7) is 6.50. The molecule has 2 atom stereocenters. The van der Waals surface area contributed by atoms with E-state index in [1.165, 1.54) is 0 Å². The Kier molecular flexibility index (Phi) is 6.92. The fourth-order valence-corrected chi connectivity index (χ4v) is 2.02. The van der Waals surface area contributed by atoms with Gasteiger partial charge in [0.05, 0.1) is 65.1 Å². The summed E-state index contributed by atoms with van der Waals surface area (Å²) in [6, 6.07) is 0. The molecule has 1 N–H and O–H groups in total. The number of nitrogens with one attached hydrogen (secondary N) is 1. The molecule has 0 saturated carbocycles. The van der Waals surface area contributed by atoms with Gasteiger partial charge in [-0.15, -0.1) is 0 Å². The molecule has 0 bridgehead atoms. The molecule has 2 saturated heterocycles. The molecule has 0 aromatic carbocycles. The van der Waals surface area contributed by atoms with Gasteiger partial charge in [-0.1, -0.05) is 0 Å². The molecule has 0 aromatic rings. The minimum atomic E-state index is 0.120. The molecule has 2 rings (SSSR count). The quantitative estimate of drug-likeness (QED) is 0.630. The Morgan fingerprint density at radius 2 is 0.944 bits per heavy atom. The van der Waals surface area contributed by atoms with Crippen LogP contribution in [0.1, 0.15) is 0 Å². The van der Waals surface area contributed by atoms with Crippen molar-refractivity contribution >= 4 is 0 Å². The zero-order valence-corrected chi connectivity index (χ0v) is 10.8. The van der Waals surface area contributed by atoms with E-state index in [1.807, 2.05) is 0 Å². The third-order valence-electron chi connectivity index (χ3n) is 2.97. The van der Waals surface area contributed by atoms with Crippen molar-refractivity contribution in [2.45, 2.75) is 12.2 Å². The summed E-state index contributed by atoms with van der Waals surface area (Å²) in [5.41, 5.74) is 0. The molecule has 2 fully saturated rings. The number of hydrogen-bond donors (Lipinski definition) is 1. The Morgan fingerprint density at radius 1 is 0.556 bits per heavy atom. The maximum Gasteiger partial charge on any atom is 0.0974 e. The van der Waals surface area contributed by atoms with Gasteiger partial charge in [-0.05, 0) is 0 Å². The predicted octanol–water partition coefficient (Wildman–Crippen LogP) is -0.577. The lowest BCUT2D eigenvalue weighted by atomic mass is 10.2. The zero-order chi connectivity index (χ0) is 12.5. The molecule has 0 unspecified atom stereocenters. The summed E-state index contributed by atoms with van der Waals surface area (Å²) in [4.78, 5) is 0. The Labute approximate surface area is 108 Å². The number of rotatable bonds is 0. The molecule has 0 spiro atoms. The highest BCUT2D eigenvalue weighted by Gasteiger charge is 2.28. The third-order valence-corrected chi connectivity index (χ3v) is 2.97. The van der Waals surface area contributed by atoms with Gasteiger partial charge in [-0.3, -0.25) is 0 Å². The van der Waals surface area contributed by atoms with Crippen LogP contribution in [0, 0.1) is 0 Å². The monoisotopic (exact) mass is 261 g/mol. The lowest BCUT2D eigenvalue weighted by molar-refractivity contribution is -0.0696. The first-order valence-corrected chi connectivity index (χ1v) is 6.64. The van der Waals surface area contributed by atoms with Gasteiger partial charge in [0.15, 0.2) is 0 Å². The predicted molar refractivity (Wildman–Crippen MR) is 64.8 cm³/mol. The molecule has 6 heteroatoms. The molecular formula is C12H23NO5. The van der Waals surface area contributed by atoms with Crippen LogP contribution in [0.3, 0.4) is 0 Å². The van der Waals surface area contributed by atoms with Crippen molar-refractivity contribution in [2.24, 2.45) is 0 Å². The maximum atomic E-state index is 5.75. The van der Waals surface area contributed by atoms with Crippen LogP contribution in [-0.4, -0.2) is 78.2 Å². The van der Waals surface area contributed by atoms with E-state index in [9.17, 15) is 0 Å². The molecule has 2 heterocycles. The smallest absolute Gasteiger partial charge is 0.0974 e. The number of ether oxygens (including phenoxy) is 5. The fraction of sp³-hybridized carbons (Fsp3) is 1.00. The standard InChI is InChI=1S/C12H23NO5/c1-3-15-5-7-17-11-9-13-10-12(11)18-8-6-16-4-2-14-1/h11-13H,1-10H2/t11-,12-/m0/s1. The molecule has 2 aliphatic heterocycles. The minimum Gasteiger partial charge on any atom is -0.377 e. The van der Waals surface area contributed by atoms with Crippen molar-refractivity contribution in [3.63, 3.8) is 0 Å². The molecule has 0 radical (unpaired) electrons. The van der Waals surface area contributed by atoms with Crippen LogP contribution >= 0.6 is 0 Å². The summed E-state index contributed by atoms with van der Waals surface area (Å²) < 4.78 is 27.7. The van der Waals surface area contributed by atoms with E-state index >= 15 is 0 Å². The third kappa shape index (κ3) is 5.17. The normalized spacial score (nSPS) is 33.3. The zero-order valence-electron chi connectivity index (χ0n) is 10.8. The Bertz CT molecular complexity index is 197. The van der Waals surface area contributed by atoms with Crippen molar-refractivity contribution < 1.29 is 23.7 Å². The maximum absolute atomic E-state index is 5.75. The first-order valence-electron chi connectivity index (χ1n) is 6.64. The SMILES string of the molecule is C1COCCO[C@H]2CNC[C@@H]2OCCOCCO1. The Hall–Kier alpha value is -0.240. The van der Waals surface area contributed by atoms with Gasteiger partial charge in [0, 0.05) is 13.1 Å². The number of fused-ring (bicyclic) bond motifs is 1. The van der Waals surface area contributed by atoms with Crippen LogP contribution in [0.15, 0.2) is 0 Å². The second kappa shape index (κ2) is 8.79. The van der Waals surface area contributed by atoms with Gasteiger partial charge in [0.25, 0.3) is 0 Å². The second-order valence-corrected chi connectivity index (χ2v) is 4.31. The topological polar surface area (TPSA) is 58.2 Å². The molecule has 0 aromatic heterocycles. The average Bonchev–Trinajstić information content (AvgIpc) is 2.81. The summed E-state index contributed by atoms with van der Waals surface area (Å²) in [7, 11) is 0. The molecule has 106 valence electrons. The van der Waals surface area contributed by atoms with Crippen LogP contribution in [0.4, 0.5) is 0 Å². The van der Waals surface area contributed by atoms with E-state index in [0.717, 1.165) is 13.1 Å². The summed E-state index contributed by atoms with van der Waals surface area (Å²) in [5, 5.41) is 3.27. The van der Waals surface area contributed by atoms with Gasteiger partial charge < -0.3 is 29.0 Å². The van der Waals surface area contributed by atoms with E-state index < -0.39 is 0 Å². The van der Waals surface area contributed by atoms with E-state index in [1.54, 1.807) is 0 Å². The highest BCUT2D eigenvalue weighted by Crippen LogP contribution is 2.09. The highest BCUT2D eigenvalue weighted by molar-refractivity contribution is 4.83. The summed E-state index contributed by atoms with van der Waals surface area (Å²) in [6.07, 6.45) is 0.241. The van der Waals surface area contributed by atoms with Crippen LogP contribution in [0.25, 0.3) is 0 Å². The number of hydrogen-bond acceptors (Lipinski definition) is 6. The van der Waals surface area contributed by atoms with Gasteiger partial charge in [-0.2, -0.15) is 0 Å². The largest absolute Gasteiger partial charge is 0.377 e. The van der Waals surface area contributed by atoms with Gasteiger partial charge in [0.2, 0.25) is 0 Å². The van der Waals surface area contributed by atoms with Crippen molar-refractivity contribution in [3.8, 4) is 0 Å². The summed E-state index contributed by atoms with van der Waals surface area (Å²) in [5.74, 6) is 0. The lowest BCUT2D eigenvalue weighted by Gasteiger charge is -2.19. The van der Waals surface area contributed by atoms with Gasteiger partial charge in [0.1, 0.15) is 0 Å².